The molecule has 0 bridgehead atoms. The third kappa shape index (κ3) is 5.64. The molecule has 2 aromatic carbocycles. The van der Waals surface area contributed by atoms with Crippen LogP contribution in [0.2, 0.25) is 0 Å². The van der Waals surface area contributed by atoms with Crippen LogP contribution in [0, 0.1) is 0 Å². The summed E-state index contributed by atoms with van der Waals surface area (Å²) in [6.45, 7) is 0.251. The summed E-state index contributed by atoms with van der Waals surface area (Å²) in [4.78, 5) is 0. The number of nitrogens with two attached hydrogens (primary N) is 2. The van der Waals surface area contributed by atoms with Gasteiger partial charge in [0.15, 0.2) is 0 Å². The standard InChI is InChI=1S/C18H21FN2O2/c19-9-10-22-11-12-23-18-13-15(5-8-17(18)21)2-1-14-3-6-16(20)7-4-14/h1-8,13H,9-12,20-21H2. The van der Waals surface area contributed by atoms with E-state index in [0.29, 0.717) is 24.7 Å². The van der Waals surface area contributed by atoms with E-state index in [1.54, 1.807) is 6.07 Å². The van der Waals surface area contributed by atoms with Gasteiger partial charge in [0.25, 0.3) is 0 Å². The van der Waals surface area contributed by atoms with E-state index in [1.807, 2.05) is 48.6 Å². The van der Waals surface area contributed by atoms with Crippen molar-refractivity contribution in [3.05, 3.63) is 53.6 Å². The lowest BCUT2D eigenvalue weighted by Gasteiger charge is -2.09. The van der Waals surface area contributed by atoms with Gasteiger partial charge >= 0.3 is 0 Å². The number of benzene rings is 2. The molecule has 0 aliphatic carbocycles. The Morgan fingerprint density at radius 2 is 1.57 bits per heavy atom. The molecule has 0 radical (unpaired) electrons. The monoisotopic (exact) mass is 316 g/mol. The largest absolute Gasteiger partial charge is 0.489 e. The lowest BCUT2D eigenvalue weighted by atomic mass is 10.1. The SMILES string of the molecule is Nc1ccc(C=Cc2ccc(N)c(OCCOCCF)c2)cc1. The summed E-state index contributed by atoms with van der Waals surface area (Å²) in [5.74, 6) is 0.591. The molecule has 23 heavy (non-hydrogen) atoms. The Kier molecular flexibility index (Phi) is 6.44. The molecule has 0 aliphatic rings. The van der Waals surface area contributed by atoms with Crippen molar-refractivity contribution >= 4 is 23.5 Å². The smallest absolute Gasteiger partial charge is 0.142 e. The van der Waals surface area contributed by atoms with Crippen molar-refractivity contribution in [3.63, 3.8) is 0 Å². The predicted octanol–water partition coefficient (Wildman–Crippen LogP) is 3.39. The Hall–Kier alpha value is -2.53. The zero-order chi connectivity index (χ0) is 16.5. The number of alkyl halides is 1. The van der Waals surface area contributed by atoms with Crippen molar-refractivity contribution in [3.8, 4) is 5.75 Å². The fraction of sp³-hybridized carbons (Fsp3) is 0.222. The highest BCUT2D eigenvalue weighted by Gasteiger charge is 2.01. The number of ether oxygens (including phenoxy) is 2. The second kappa shape index (κ2) is 8.80. The van der Waals surface area contributed by atoms with Gasteiger partial charge in [-0.15, -0.1) is 0 Å². The molecule has 4 nitrogen and oxygen atoms in total. The number of anilines is 2. The summed E-state index contributed by atoms with van der Waals surface area (Å²) in [6.07, 6.45) is 3.95. The van der Waals surface area contributed by atoms with Crippen LogP contribution in [0.3, 0.4) is 0 Å². The Morgan fingerprint density at radius 3 is 2.30 bits per heavy atom. The number of hydrogen-bond acceptors (Lipinski definition) is 4. The Labute approximate surface area is 135 Å². The van der Waals surface area contributed by atoms with Crippen molar-refractivity contribution in [2.75, 3.05) is 38.0 Å². The summed E-state index contributed by atoms with van der Waals surface area (Å²) in [6, 6.07) is 13.2. The first-order valence-corrected chi connectivity index (χ1v) is 7.38. The fourth-order valence-corrected chi connectivity index (χ4v) is 1.95. The molecule has 0 fully saturated rings. The summed E-state index contributed by atoms with van der Waals surface area (Å²) in [5, 5.41) is 0. The highest BCUT2D eigenvalue weighted by molar-refractivity contribution is 5.72. The number of rotatable bonds is 8. The summed E-state index contributed by atoms with van der Waals surface area (Å²) in [7, 11) is 0. The van der Waals surface area contributed by atoms with Gasteiger partial charge in [0.1, 0.15) is 19.0 Å². The minimum atomic E-state index is -0.493. The van der Waals surface area contributed by atoms with Gasteiger partial charge in [0.2, 0.25) is 0 Å². The summed E-state index contributed by atoms with van der Waals surface area (Å²) in [5.41, 5.74) is 14.9. The molecular weight excluding hydrogens is 295 g/mol. The average molecular weight is 316 g/mol. The first-order chi connectivity index (χ1) is 11.2. The molecule has 0 atom stereocenters. The van der Waals surface area contributed by atoms with Crippen LogP contribution in [0.1, 0.15) is 11.1 Å². The van der Waals surface area contributed by atoms with Gasteiger partial charge < -0.3 is 20.9 Å². The van der Waals surface area contributed by atoms with Crippen molar-refractivity contribution in [1.29, 1.82) is 0 Å². The maximum absolute atomic E-state index is 11.9. The van der Waals surface area contributed by atoms with Crippen LogP contribution in [-0.4, -0.2) is 26.5 Å². The number of nitrogen functional groups attached to an aromatic ring is 2. The minimum absolute atomic E-state index is 0.0865. The molecule has 0 unspecified atom stereocenters. The Balaban J connectivity index is 1.97. The van der Waals surface area contributed by atoms with Crippen LogP contribution in [-0.2, 0) is 4.74 Å². The van der Waals surface area contributed by atoms with E-state index in [1.165, 1.54) is 0 Å². The molecule has 4 N–H and O–H groups in total. The highest BCUT2D eigenvalue weighted by atomic mass is 19.1. The van der Waals surface area contributed by atoms with Crippen molar-refractivity contribution in [1.82, 2.24) is 0 Å². The quantitative estimate of drug-likeness (QED) is 0.445. The van der Waals surface area contributed by atoms with E-state index in [0.717, 1.165) is 16.8 Å². The lowest BCUT2D eigenvalue weighted by molar-refractivity contribution is 0.0899. The summed E-state index contributed by atoms with van der Waals surface area (Å²) < 4.78 is 22.5. The second-order valence-electron chi connectivity index (χ2n) is 4.95. The van der Waals surface area contributed by atoms with Gasteiger partial charge in [-0.1, -0.05) is 30.4 Å². The number of halogens is 1. The zero-order valence-electron chi connectivity index (χ0n) is 12.9. The van der Waals surface area contributed by atoms with Crippen LogP contribution in [0.5, 0.6) is 5.75 Å². The van der Waals surface area contributed by atoms with Crippen LogP contribution < -0.4 is 16.2 Å². The van der Waals surface area contributed by atoms with Gasteiger partial charge in [-0.3, -0.25) is 0 Å². The molecule has 0 amide bonds. The van der Waals surface area contributed by atoms with Gasteiger partial charge in [-0.05, 0) is 35.4 Å². The second-order valence-corrected chi connectivity index (χ2v) is 4.95. The van der Waals surface area contributed by atoms with Gasteiger partial charge in [-0.25, -0.2) is 4.39 Å². The maximum Gasteiger partial charge on any atom is 0.142 e. The van der Waals surface area contributed by atoms with Crippen molar-refractivity contribution in [2.45, 2.75) is 0 Å². The van der Waals surface area contributed by atoms with Crippen LogP contribution in [0.25, 0.3) is 12.2 Å². The van der Waals surface area contributed by atoms with E-state index >= 15 is 0 Å². The molecule has 122 valence electrons. The molecule has 0 aliphatic heterocycles. The molecule has 0 heterocycles. The third-order valence-electron chi connectivity index (χ3n) is 3.15. The van der Waals surface area contributed by atoms with Gasteiger partial charge in [0.05, 0.1) is 18.9 Å². The number of hydrogen-bond donors (Lipinski definition) is 2. The molecule has 5 heteroatoms. The van der Waals surface area contributed by atoms with Crippen molar-refractivity contribution in [2.24, 2.45) is 0 Å². The molecule has 2 rings (SSSR count). The van der Waals surface area contributed by atoms with E-state index in [2.05, 4.69) is 0 Å². The van der Waals surface area contributed by atoms with E-state index in [9.17, 15) is 4.39 Å². The molecular formula is C18H21FN2O2. The van der Waals surface area contributed by atoms with E-state index in [-0.39, 0.29) is 6.61 Å². The van der Waals surface area contributed by atoms with E-state index < -0.39 is 6.67 Å². The van der Waals surface area contributed by atoms with E-state index in [4.69, 9.17) is 20.9 Å². The molecule has 0 spiro atoms. The first kappa shape index (κ1) is 16.8. The molecule has 2 aromatic rings. The van der Waals surface area contributed by atoms with Crippen LogP contribution in [0.4, 0.5) is 15.8 Å². The molecule has 0 saturated carbocycles. The first-order valence-electron chi connectivity index (χ1n) is 7.38. The van der Waals surface area contributed by atoms with Gasteiger partial charge in [0, 0.05) is 5.69 Å². The maximum atomic E-state index is 11.9. The van der Waals surface area contributed by atoms with Gasteiger partial charge in [-0.2, -0.15) is 0 Å². The minimum Gasteiger partial charge on any atom is -0.489 e. The zero-order valence-corrected chi connectivity index (χ0v) is 12.9. The predicted molar refractivity (Wildman–Crippen MR) is 92.9 cm³/mol. The third-order valence-corrected chi connectivity index (χ3v) is 3.15. The van der Waals surface area contributed by atoms with Crippen molar-refractivity contribution < 1.29 is 13.9 Å². The Bertz CT molecular complexity index is 642. The average Bonchev–Trinajstić information content (AvgIpc) is 2.56. The highest BCUT2D eigenvalue weighted by Crippen LogP contribution is 2.24. The molecule has 0 aromatic heterocycles. The summed E-state index contributed by atoms with van der Waals surface area (Å²) >= 11 is 0. The van der Waals surface area contributed by atoms with Crippen LogP contribution >= 0.6 is 0 Å². The normalized spacial score (nSPS) is 11.0. The van der Waals surface area contributed by atoms with Crippen LogP contribution in [0.15, 0.2) is 42.5 Å². The Morgan fingerprint density at radius 1 is 0.870 bits per heavy atom. The topological polar surface area (TPSA) is 70.5 Å². The lowest BCUT2D eigenvalue weighted by Crippen LogP contribution is -2.09. The fourth-order valence-electron chi connectivity index (χ4n) is 1.95. The molecule has 0 saturated heterocycles.